The molecule has 0 saturated heterocycles. The lowest BCUT2D eigenvalue weighted by Gasteiger charge is -2.07. The van der Waals surface area contributed by atoms with Gasteiger partial charge in [-0.15, -0.1) is 0 Å². The summed E-state index contributed by atoms with van der Waals surface area (Å²) in [6.45, 7) is 0.645. The highest BCUT2D eigenvalue weighted by molar-refractivity contribution is 9.10. The number of alkyl carbamates (subject to hydrolysis) is 1. The van der Waals surface area contributed by atoms with E-state index in [1.54, 1.807) is 31.2 Å². The molecule has 0 aliphatic rings. The first-order valence-corrected chi connectivity index (χ1v) is 7.37. The van der Waals surface area contributed by atoms with Crippen LogP contribution < -0.4 is 10.6 Å². The molecule has 0 radical (unpaired) electrons. The summed E-state index contributed by atoms with van der Waals surface area (Å²) in [5.74, 6) is -2.09. The van der Waals surface area contributed by atoms with Crippen molar-refractivity contribution in [3.63, 3.8) is 0 Å². The Hall–Kier alpha value is -2.42. The van der Waals surface area contributed by atoms with E-state index in [9.17, 15) is 19.2 Å². The van der Waals surface area contributed by atoms with Crippen LogP contribution in [0.4, 0.5) is 4.79 Å². The molecule has 0 aliphatic carbocycles. The lowest BCUT2D eigenvalue weighted by atomic mass is 10.2. The zero-order valence-electron chi connectivity index (χ0n) is 12.3. The second-order valence-corrected chi connectivity index (χ2v) is 5.03. The van der Waals surface area contributed by atoms with Crippen molar-refractivity contribution in [2.24, 2.45) is 0 Å². The minimum atomic E-state index is -0.919. The molecule has 9 heteroatoms. The van der Waals surface area contributed by atoms with E-state index < -0.39 is 37.0 Å². The van der Waals surface area contributed by atoms with Crippen LogP contribution in [-0.4, -0.2) is 43.6 Å². The maximum Gasteiger partial charge on any atom is 0.413 e. The van der Waals surface area contributed by atoms with Crippen molar-refractivity contribution in [2.45, 2.75) is 6.92 Å². The number of halogens is 1. The molecule has 0 aromatic heterocycles. The van der Waals surface area contributed by atoms with Gasteiger partial charge in [0.15, 0.2) is 6.61 Å². The Balaban J connectivity index is 2.28. The molecule has 1 rings (SSSR count). The Morgan fingerprint density at radius 1 is 1.09 bits per heavy atom. The van der Waals surface area contributed by atoms with Crippen LogP contribution in [0.15, 0.2) is 28.7 Å². The molecule has 0 fully saturated rings. The molecule has 0 heterocycles. The summed E-state index contributed by atoms with van der Waals surface area (Å²) in [6.07, 6.45) is -0.919. The zero-order valence-corrected chi connectivity index (χ0v) is 13.8. The van der Waals surface area contributed by atoms with E-state index in [2.05, 4.69) is 30.7 Å². The minimum absolute atomic E-state index is 0.112. The van der Waals surface area contributed by atoms with Crippen molar-refractivity contribution in [3.05, 3.63) is 34.3 Å². The summed E-state index contributed by atoms with van der Waals surface area (Å²) in [5.41, 5.74) is 0.376. The first-order valence-electron chi connectivity index (χ1n) is 6.58. The lowest BCUT2D eigenvalue weighted by Crippen LogP contribution is -2.36. The molecule has 0 atom stereocenters. The summed E-state index contributed by atoms with van der Waals surface area (Å²) < 4.78 is 9.91. The highest BCUT2D eigenvalue weighted by Crippen LogP contribution is 2.10. The number of ether oxygens (including phenoxy) is 2. The van der Waals surface area contributed by atoms with Gasteiger partial charge in [-0.1, -0.05) is 15.9 Å². The molecular weight excluding hydrogens is 372 g/mol. The summed E-state index contributed by atoms with van der Waals surface area (Å²) in [7, 11) is 0. The number of esters is 1. The molecule has 0 saturated carbocycles. The molecule has 23 heavy (non-hydrogen) atoms. The molecule has 1 aromatic rings. The van der Waals surface area contributed by atoms with Gasteiger partial charge in [-0.05, 0) is 31.2 Å². The van der Waals surface area contributed by atoms with E-state index in [1.807, 2.05) is 5.32 Å². The molecule has 3 amide bonds. The van der Waals surface area contributed by atoms with Gasteiger partial charge in [-0.2, -0.15) is 0 Å². The van der Waals surface area contributed by atoms with Crippen molar-refractivity contribution in [3.8, 4) is 0 Å². The molecule has 124 valence electrons. The number of amides is 3. The Kier molecular flexibility index (Phi) is 7.75. The lowest BCUT2D eigenvalue weighted by molar-refractivity contribution is -0.147. The Morgan fingerprint density at radius 3 is 2.35 bits per heavy atom. The molecule has 0 unspecified atom stereocenters. The molecule has 8 nitrogen and oxygen atoms in total. The third-order valence-corrected chi connectivity index (χ3v) is 2.91. The molecule has 0 aliphatic heterocycles. The van der Waals surface area contributed by atoms with Gasteiger partial charge >= 0.3 is 12.1 Å². The van der Waals surface area contributed by atoms with Gasteiger partial charge in [0.25, 0.3) is 11.8 Å². The minimum Gasteiger partial charge on any atom is -0.454 e. The Bertz CT molecular complexity index is 587. The van der Waals surface area contributed by atoms with Gasteiger partial charge in [0, 0.05) is 10.0 Å². The van der Waals surface area contributed by atoms with Crippen LogP contribution in [-0.2, 0) is 19.1 Å². The third-order valence-electron chi connectivity index (χ3n) is 2.38. The van der Waals surface area contributed by atoms with Crippen LogP contribution in [0, 0.1) is 0 Å². The quantitative estimate of drug-likeness (QED) is 0.705. The maximum absolute atomic E-state index is 11.7. The van der Waals surface area contributed by atoms with E-state index in [1.165, 1.54) is 0 Å². The largest absolute Gasteiger partial charge is 0.454 e. The molecule has 0 spiro atoms. The fraction of sp³-hybridized carbons (Fsp3) is 0.286. The molecule has 1 aromatic carbocycles. The predicted octanol–water partition coefficient (Wildman–Crippen LogP) is 0.995. The van der Waals surface area contributed by atoms with E-state index >= 15 is 0 Å². The molecular formula is C14H15BrN2O6. The number of hydrogen-bond donors (Lipinski definition) is 2. The highest BCUT2D eigenvalue weighted by Gasteiger charge is 2.12. The number of rotatable bonds is 6. The second-order valence-electron chi connectivity index (χ2n) is 4.12. The second kappa shape index (κ2) is 9.57. The molecule has 2 N–H and O–H groups in total. The summed E-state index contributed by atoms with van der Waals surface area (Å²) >= 11 is 3.24. The number of nitrogens with one attached hydrogen (secondary N) is 2. The topological polar surface area (TPSA) is 111 Å². The number of carbonyl (C=O) groups is 4. The molecule has 0 bridgehead atoms. The average Bonchev–Trinajstić information content (AvgIpc) is 2.51. The van der Waals surface area contributed by atoms with E-state index in [4.69, 9.17) is 0 Å². The van der Waals surface area contributed by atoms with Crippen molar-refractivity contribution in [1.29, 1.82) is 0 Å². The van der Waals surface area contributed by atoms with Crippen LogP contribution in [0.1, 0.15) is 17.3 Å². The van der Waals surface area contributed by atoms with Crippen LogP contribution in [0.5, 0.6) is 0 Å². The van der Waals surface area contributed by atoms with Crippen LogP contribution in [0.25, 0.3) is 0 Å². The summed E-state index contributed by atoms with van der Waals surface area (Å²) in [6, 6.07) is 6.54. The highest BCUT2D eigenvalue weighted by atomic mass is 79.9. The van der Waals surface area contributed by atoms with Gasteiger partial charge in [0.2, 0.25) is 0 Å². The third kappa shape index (κ3) is 7.41. The van der Waals surface area contributed by atoms with Gasteiger partial charge < -0.3 is 14.8 Å². The first-order chi connectivity index (χ1) is 10.9. The standard InChI is InChI=1S/C14H15BrN2O6/c1-2-22-14(21)17-11(18)8-23-12(19)7-16-13(20)9-3-5-10(15)6-4-9/h3-6H,2,7-8H2,1H3,(H,16,20)(H,17,18,21). The van der Waals surface area contributed by atoms with E-state index in [0.29, 0.717) is 5.56 Å². The van der Waals surface area contributed by atoms with E-state index in [-0.39, 0.29) is 6.61 Å². The Labute approximate surface area is 140 Å². The van der Waals surface area contributed by atoms with Crippen molar-refractivity contribution in [2.75, 3.05) is 19.8 Å². The fourth-order valence-electron chi connectivity index (χ4n) is 1.37. The van der Waals surface area contributed by atoms with Crippen LogP contribution in [0.3, 0.4) is 0 Å². The summed E-state index contributed by atoms with van der Waals surface area (Å²) in [5, 5.41) is 4.21. The van der Waals surface area contributed by atoms with Crippen LogP contribution in [0.2, 0.25) is 0 Å². The van der Waals surface area contributed by atoms with Crippen molar-refractivity contribution < 1.29 is 28.7 Å². The van der Waals surface area contributed by atoms with Crippen LogP contribution >= 0.6 is 15.9 Å². The first kappa shape index (κ1) is 18.6. The number of benzene rings is 1. The summed E-state index contributed by atoms with van der Waals surface area (Å²) in [4.78, 5) is 45.3. The number of hydrogen-bond acceptors (Lipinski definition) is 6. The maximum atomic E-state index is 11.7. The smallest absolute Gasteiger partial charge is 0.413 e. The monoisotopic (exact) mass is 386 g/mol. The van der Waals surface area contributed by atoms with Gasteiger partial charge in [-0.3, -0.25) is 19.7 Å². The van der Waals surface area contributed by atoms with Gasteiger partial charge in [-0.25, -0.2) is 4.79 Å². The SMILES string of the molecule is CCOC(=O)NC(=O)COC(=O)CNC(=O)c1ccc(Br)cc1. The average molecular weight is 387 g/mol. The van der Waals surface area contributed by atoms with E-state index in [0.717, 1.165) is 4.47 Å². The number of imide groups is 1. The normalized spacial score (nSPS) is 9.65. The van der Waals surface area contributed by atoms with Gasteiger partial charge in [0.05, 0.1) is 6.61 Å². The van der Waals surface area contributed by atoms with Crippen molar-refractivity contribution in [1.82, 2.24) is 10.6 Å². The fourth-order valence-corrected chi connectivity index (χ4v) is 1.63. The Morgan fingerprint density at radius 2 is 1.74 bits per heavy atom. The number of carbonyl (C=O) groups excluding carboxylic acids is 4. The predicted molar refractivity (Wildman–Crippen MR) is 82.6 cm³/mol. The van der Waals surface area contributed by atoms with Crippen molar-refractivity contribution >= 4 is 39.8 Å². The zero-order chi connectivity index (χ0) is 17.2. The van der Waals surface area contributed by atoms with Gasteiger partial charge in [0.1, 0.15) is 6.54 Å².